The number of fused-ring (bicyclic) bond motifs is 1. The molecule has 2 aromatic heterocycles. The summed E-state index contributed by atoms with van der Waals surface area (Å²) >= 11 is 0. The van der Waals surface area contributed by atoms with Gasteiger partial charge in [0.15, 0.2) is 0 Å². The Labute approximate surface area is 169 Å². The van der Waals surface area contributed by atoms with E-state index in [1.165, 1.54) is 0 Å². The summed E-state index contributed by atoms with van der Waals surface area (Å²) in [5, 5.41) is 7.98. The van der Waals surface area contributed by atoms with Gasteiger partial charge in [0.25, 0.3) is 0 Å². The molecule has 1 saturated heterocycles. The molecule has 0 spiro atoms. The van der Waals surface area contributed by atoms with E-state index in [0.29, 0.717) is 24.8 Å². The minimum absolute atomic E-state index is 0.118. The van der Waals surface area contributed by atoms with Crippen molar-refractivity contribution >= 4 is 11.5 Å². The second-order valence-corrected chi connectivity index (χ2v) is 7.85. The molecule has 0 amide bonds. The summed E-state index contributed by atoms with van der Waals surface area (Å²) in [4.78, 5) is 6.52. The van der Waals surface area contributed by atoms with Crippen LogP contribution in [0.1, 0.15) is 31.7 Å². The van der Waals surface area contributed by atoms with Gasteiger partial charge in [0.1, 0.15) is 11.6 Å². The van der Waals surface area contributed by atoms with E-state index in [1.54, 1.807) is 12.3 Å². The van der Waals surface area contributed by atoms with Crippen molar-refractivity contribution in [2.45, 2.75) is 31.7 Å². The van der Waals surface area contributed by atoms with Crippen LogP contribution in [0.15, 0.2) is 60.0 Å². The van der Waals surface area contributed by atoms with Gasteiger partial charge < -0.3 is 16.0 Å². The SMILES string of the molecule is Nc1ncc(-c2cnn(C3CCNCC3)c2)cc1N1C=C2CC=CC(F)=C2CC1. The summed E-state index contributed by atoms with van der Waals surface area (Å²) in [6.45, 7) is 2.75. The number of nitrogens with one attached hydrogen (secondary N) is 1. The van der Waals surface area contributed by atoms with E-state index in [2.05, 4.69) is 37.2 Å². The number of allylic oxidation sites excluding steroid dienone is 4. The third kappa shape index (κ3) is 3.46. The van der Waals surface area contributed by atoms with Gasteiger partial charge in [-0.2, -0.15) is 5.10 Å². The highest BCUT2D eigenvalue weighted by Crippen LogP contribution is 2.36. The lowest BCUT2D eigenvalue weighted by molar-refractivity contribution is 0.343. The van der Waals surface area contributed by atoms with Crippen LogP contribution in [0.25, 0.3) is 11.1 Å². The summed E-state index contributed by atoms with van der Waals surface area (Å²) < 4.78 is 16.1. The molecule has 1 fully saturated rings. The third-order valence-corrected chi connectivity index (χ3v) is 6.02. The van der Waals surface area contributed by atoms with Crippen LogP contribution in [0.5, 0.6) is 0 Å². The third-order valence-electron chi connectivity index (χ3n) is 6.02. The first-order chi connectivity index (χ1) is 14.2. The van der Waals surface area contributed by atoms with Gasteiger partial charge in [-0.15, -0.1) is 0 Å². The van der Waals surface area contributed by atoms with Gasteiger partial charge in [-0.25, -0.2) is 9.37 Å². The summed E-state index contributed by atoms with van der Waals surface area (Å²) in [6.07, 6.45) is 14.8. The Morgan fingerprint density at radius 3 is 2.90 bits per heavy atom. The molecule has 0 saturated carbocycles. The Hall–Kier alpha value is -2.93. The molecule has 2 aliphatic heterocycles. The number of hydrogen-bond acceptors (Lipinski definition) is 5. The van der Waals surface area contributed by atoms with Gasteiger partial charge in [-0.1, -0.05) is 6.08 Å². The average molecular weight is 392 g/mol. The van der Waals surface area contributed by atoms with Crippen LogP contribution in [-0.4, -0.2) is 34.4 Å². The average Bonchev–Trinajstić information content (AvgIpc) is 3.25. The number of aromatic nitrogens is 3. The fourth-order valence-electron chi connectivity index (χ4n) is 4.36. The van der Waals surface area contributed by atoms with Gasteiger partial charge in [0.05, 0.1) is 17.9 Å². The van der Waals surface area contributed by atoms with Crippen molar-refractivity contribution in [3.05, 3.63) is 60.0 Å². The molecule has 0 radical (unpaired) electrons. The van der Waals surface area contributed by atoms with Crippen molar-refractivity contribution in [3.63, 3.8) is 0 Å². The van der Waals surface area contributed by atoms with Crippen LogP contribution in [-0.2, 0) is 0 Å². The van der Waals surface area contributed by atoms with E-state index in [0.717, 1.165) is 60.3 Å². The van der Waals surface area contributed by atoms with Crippen molar-refractivity contribution in [1.29, 1.82) is 0 Å². The summed E-state index contributed by atoms with van der Waals surface area (Å²) in [5.41, 5.74) is 10.9. The Bertz CT molecular complexity index is 1010. The number of nitrogens with two attached hydrogens (primary N) is 1. The second-order valence-electron chi connectivity index (χ2n) is 7.85. The van der Waals surface area contributed by atoms with Crippen LogP contribution in [0.2, 0.25) is 0 Å². The highest BCUT2D eigenvalue weighted by atomic mass is 19.1. The lowest BCUT2D eigenvalue weighted by Crippen LogP contribution is -2.29. The number of anilines is 2. The normalized spacial score (nSPS) is 20.0. The molecule has 0 aromatic carbocycles. The van der Waals surface area contributed by atoms with Crippen molar-refractivity contribution in [2.75, 3.05) is 30.3 Å². The minimum atomic E-state index is -0.118. The van der Waals surface area contributed by atoms with Crippen LogP contribution in [0, 0.1) is 0 Å². The van der Waals surface area contributed by atoms with E-state index in [9.17, 15) is 4.39 Å². The van der Waals surface area contributed by atoms with E-state index in [-0.39, 0.29) is 5.83 Å². The smallest absolute Gasteiger partial charge is 0.147 e. The standard InChI is InChI=1S/C22H25FN6/c23-20-3-1-2-15-13-28(9-6-19(15)20)21-10-16(11-26-22(21)24)17-12-27-29(14-17)18-4-7-25-8-5-18/h1,3,10-14,18,25H,2,4-9H2,(H2,24,26). The molecule has 29 heavy (non-hydrogen) atoms. The highest BCUT2D eigenvalue weighted by Gasteiger charge is 2.23. The van der Waals surface area contributed by atoms with E-state index in [1.807, 2.05) is 18.5 Å². The van der Waals surface area contributed by atoms with Gasteiger partial charge in [0, 0.05) is 36.3 Å². The zero-order chi connectivity index (χ0) is 19.8. The van der Waals surface area contributed by atoms with Crippen LogP contribution < -0.4 is 16.0 Å². The predicted molar refractivity (Wildman–Crippen MR) is 113 cm³/mol. The Kier molecular flexibility index (Phi) is 4.67. The second kappa shape index (κ2) is 7.48. The number of rotatable bonds is 3. The number of pyridine rings is 1. The number of nitrogen functional groups attached to an aromatic ring is 1. The zero-order valence-corrected chi connectivity index (χ0v) is 16.3. The van der Waals surface area contributed by atoms with Gasteiger partial charge >= 0.3 is 0 Å². The fraction of sp³-hybridized carbons (Fsp3) is 0.364. The molecular formula is C22H25FN6. The number of piperidine rings is 1. The number of hydrogen-bond donors (Lipinski definition) is 2. The molecular weight excluding hydrogens is 367 g/mol. The molecule has 1 aliphatic carbocycles. The Balaban J connectivity index is 1.43. The maximum Gasteiger partial charge on any atom is 0.147 e. The maximum absolute atomic E-state index is 14.1. The first-order valence-electron chi connectivity index (χ1n) is 10.2. The van der Waals surface area contributed by atoms with Gasteiger partial charge in [-0.3, -0.25) is 4.68 Å². The van der Waals surface area contributed by atoms with Crippen LogP contribution >= 0.6 is 0 Å². The summed E-state index contributed by atoms with van der Waals surface area (Å²) in [6, 6.07) is 2.50. The molecule has 0 unspecified atom stereocenters. The molecule has 3 N–H and O–H groups in total. The van der Waals surface area contributed by atoms with E-state index < -0.39 is 0 Å². The first-order valence-corrected chi connectivity index (χ1v) is 10.2. The lowest BCUT2D eigenvalue weighted by Gasteiger charge is -2.30. The summed E-state index contributed by atoms with van der Waals surface area (Å²) in [5.74, 6) is 0.364. The maximum atomic E-state index is 14.1. The van der Waals surface area contributed by atoms with Crippen LogP contribution in [0.4, 0.5) is 15.9 Å². The molecule has 2 aromatic rings. The van der Waals surface area contributed by atoms with Crippen molar-refractivity contribution in [2.24, 2.45) is 0 Å². The summed E-state index contributed by atoms with van der Waals surface area (Å²) in [7, 11) is 0. The first kappa shape index (κ1) is 18.1. The molecule has 4 heterocycles. The molecule has 7 heteroatoms. The van der Waals surface area contributed by atoms with Crippen molar-refractivity contribution in [1.82, 2.24) is 20.1 Å². The quantitative estimate of drug-likeness (QED) is 0.833. The van der Waals surface area contributed by atoms with Crippen molar-refractivity contribution in [3.8, 4) is 11.1 Å². The van der Waals surface area contributed by atoms with E-state index in [4.69, 9.17) is 5.73 Å². The molecule has 0 atom stereocenters. The fourth-order valence-corrected chi connectivity index (χ4v) is 4.36. The van der Waals surface area contributed by atoms with Crippen molar-refractivity contribution < 1.29 is 4.39 Å². The Morgan fingerprint density at radius 1 is 1.17 bits per heavy atom. The van der Waals surface area contributed by atoms with E-state index >= 15 is 0 Å². The largest absolute Gasteiger partial charge is 0.382 e. The molecule has 3 aliphatic rings. The molecule has 6 nitrogen and oxygen atoms in total. The zero-order valence-electron chi connectivity index (χ0n) is 16.3. The molecule has 150 valence electrons. The number of halogens is 1. The number of nitrogens with zero attached hydrogens (tertiary/aromatic N) is 4. The predicted octanol–water partition coefficient (Wildman–Crippen LogP) is 3.73. The van der Waals surface area contributed by atoms with Crippen LogP contribution in [0.3, 0.4) is 0 Å². The van der Waals surface area contributed by atoms with Gasteiger partial charge in [0.2, 0.25) is 0 Å². The lowest BCUT2D eigenvalue weighted by atomic mass is 9.92. The highest BCUT2D eigenvalue weighted by molar-refractivity contribution is 5.74. The monoisotopic (exact) mass is 392 g/mol. The topological polar surface area (TPSA) is 72.0 Å². The molecule has 5 rings (SSSR count). The molecule has 0 bridgehead atoms. The Morgan fingerprint density at radius 2 is 2.03 bits per heavy atom. The minimum Gasteiger partial charge on any atom is -0.382 e. The van der Waals surface area contributed by atoms with Gasteiger partial charge in [-0.05, 0) is 62.1 Å².